The first-order valence-corrected chi connectivity index (χ1v) is 5.22. The Hall–Kier alpha value is -1.32. The molecule has 1 N–H and O–H groups in total. The molecule has 1 saturated carbocycles. The summed E-state index contributed by atoms with van der Waals surface area (Å²) in [5, 5.41) is 2.85. The van der Waals surface area contributed by atoms with Gasteiger partial charge in [-0.3, -0.25) is 4.79 Å². The first kappa shape index (κ1) is 10.2. The van der Waals surface area contributed by atoms with Gasteiger partial charge in [-0.2, -0.15) is 0 Å². The lowest BCUT2D eigenvalue weighted by Gasteiger charge is -2.10. The van der Waals surface area contributed by atoms with Gasteiger partial charge in [0, 0.05) is 25.5 Å². The van der Waals surface area contributed by atoms with Crippen LogP contribution in [0.25, 0.3) is 0 Å². The molecule has 82 valence electrons. The Kier molecular flexibility index (Phi) is 2.75. The van der Waals surface area contributed by atoms with Gasteiger partial charge >= 0.3 is 0 Å². The van der Waals surface area contributed by atoms with Gasteiger partial charge in [0.15, 0.2) is 0 Å². The van der Waals surface area contributed by atoms with E-state index in [0.717, 1.165) is 6.42 Å². The molecule has 0 aromatic carbocycles. The van der Waals surface area contributed by atoms with Crippen molar-refractivity contribution in [3.05, 3.63) is 24.0 Å². The fraction of sp³-hybridized carbons (Fsp3) is 0.545. The van der Waals surface area contributed by atoms with Gasteiger partial charge in [-0.15, -0.1) is 0 Å². The number of carbonyl (C=O) groups is 1. The number of aromatic nitrogens is 1. The van der Waals surface area contributed by atoms with Crippen LogP contribution in [0.4, 0.5) is 4.39 Å². The zero-order valence-electron chi connectivity index (χ0n) is 8.74. The van der Waals surface area contributed by atoms with Gasteiger partial charge < -0.3 is 9.88 Å². The molecule has 4 heteroatoms. The number of nitrogens with zero attached hydrogens (tertiary/aromatic N) is 1. The van der Waals surface area contributed by atoms with Crippen LogP contribution in [-0.2, 0) is 7.05 Å². The van der Waals surface area contributed by atoms with Crippen LogP contribution in [0.3, 0.4) is 0 Å². The van der Waals surface area contributed by atoms with Gasteiger partial charge in [0.2, 0.25) is 0 Å². The van der Waals surface area contributed by atoms with Crippen LogP contribution < -0.4 is 5.32 Å². The molecule has 1 aromatic rings. The molecule has 0 saturated heterocycles. The minimum absolute atomic E-state index is 0.00714. The summed E-state index contributed by atoms with van der Waals surface area (Å²) in [5.41, 5.74) is 0.639. The molecule has 1 aliphatic carbocycles. The van der Waals surface area contributed by atoms with Crippen LogP contribution in [0.5, 0.6) is 0 Å². The van der Waals surface area contributed by atoms with Crippen LogP contribution >= 0.6 is 0 Å². The second kappa shape index (κ2) is 4.04. The van der Waals surface area contributed by atoms with Crippen molar-refractivity contribution in [2.45, 2.75) is 31.5 Å². The van der Waals surface area contributed by atoms with E-state index in [0.29, 0.717) is 18.4 Å². The number of hydrogen-bond donors (Lipinski definition) is 1. The maximum atomic E-state index is 12.9. The molecule has 0 radical (unpaired) electrons. The van der Waals surface area contributed by atoms with Crippen LogP contribution in [-0.4, -0.2) is 22.7 Å². The van der Waals surface area contributed by atoms with Crippen molar-refractivity contribution in [2.75, 3.05) is 0 Å². The summed E-state index contributed by atoms with van der Waals surface area (Å²) in [6.07, 6.45) is 4.61. The molecule has 1 aromatic heterocycles. The van der Waals surface area contributed by atoms with E-state index < -0.39 is 6.17 Å². The van der Waals surface area contributed by atoms with E-state index in [2.05, 4.69) is 5.32 Å². The van der Waals surface area contributed by atoms with E-state index in [-0.39, 0.29) is 11.9 Å². The summed E-state index contributed by atoms with van der Waals surface area (Å²) < 4.78 is 14.7. The molecule has 2 atom stereocenters. The quantitative estimate of drug-likeness (QED) is 0.791. The average Bonchev–Trinajstić information content (AvgIpc) is 2.75. The van der Waals surface area contributed by atoms with E-state index in [9.17, 15) is 9.18 Å². The van der Waals surface area contributed by atoms with Crippen LogP contribution in [0.1, 0.15) is 29.6 Å². The van der Waals surface area contributed by atoms with E-state index >= 15 is 0 Å². The van der Waals surface area contributed by atoms with Crippen LogP contribution in [0.15, 0.2) is 18.5 Å². The third kappa shape index (κ3) is 2.37. The predicted octanol–water partition coefficient (Wildman–Crippen LogP) is 1.65. The zero-order valence-corrected chi connectivity index (χ0v) is 8.74. The summed E-state index contributed by atoms with van der Waals surface area (Å²) in [6.45, 7) is 0. The highest BCUT2D eigenvalue weighted by atomic mass is 19.1. The lowest BCUT2D eigenvalue weighted by molar-refractivity contribution is 0.0936. The van der Waals surface area contributed by atoms with Gasteiger partial charge in [-0.1, -0.05) is 0 Å². The summed E-state index contributed by atoms with van der Waals surface area (Å²) in [4.78, 5) is 11.7. The molecule has 3 nitrogen and oxygen atoms in total. The van der Waals surface area contributed by atoms with E-state index in [4.69, 9.17) is 0 Å². The topological polar surface area (TPSA) is 34.0 Å². The number of amides is 1. The Morgan fingerprint density at radius 2 is 2.40 bits per heavy atom. The largest absolute Gasteiger partial charge is 0.356 e. The van der Waals surface area contributed by atoms with Crippen molar-refractivity contribution in [1.82, 2.24) is 9.88 Å². The lowest BCUT2D eigenvalue weighted by atomic mass is 10.2. The molecule has 1 amide bonds. The fourth-order valence-corrected chi connectivity index (χ4v) is 1.96. The van der Waals surface area contributed by atoms with Gasteiger partial charge in [0.05, 0.1) is 5.56 Å². The smallest absolute Gasteiger partial charge is 0.253 e. The monoisotopic (exact) mass is 210 g/mol. The van der Waals surface area contributed by atoms with E-state index in [1.807, 2.05) is 17.8 Å². The Bertz CT molecular complexity index is 361. The minimum Gasteiger partial charge on any atom is -0.356 e. The Morgan fingerprint density at radius 1 is 1.60 bits per heavy atom. The van der Waals surface area contributed by atoms with Gasteiger partial charge in [-0.25, -0.2) is 4.39 Å². The number of carbonyl (C=O) groups excluding carboxylic acids is 1. The summed E-state index contributed by atoms with van der Waals surface area (Å²) in [7, 11) is 1.87. The van der Waals surface area contributed by atoms with Gasteiger partial charge in [0.1, 0.15) is 6.17 Å². The molecular formula is C11H15FN2O. The number of rotatable bonds is 2. The minimum atomic E-state index is -0.744. The molecule has 1 aliphatic rings. The second-order valence-corrected chi connectivity index (χ2v) is 4.15. The zero-order chi connectivity index (χ0) is 10.8. The number of alkyl halides is 1. The summed E-state index contributed by atoms with van der Waals surface area (Å²) in [5.74, 6) is -0.102. The fourth-order valence-electron chi connectivity index (χ4n) is 1.96. The van der Waals surface area contributed by atoms with Crippen LogP contribution in [0.2, 0.25) is 0 Å². The maximum Gasteiger partial charge on any atom is 0.253 e. The van der Waals surface area contributed by atoms with Gasteiger partial charge in [-0.05, 0) is 25.3 Å². The summed E-state index contributed by atoms with van der Waals surface area (Å²) >= 11 is 0. The molecule has 0 spiro atoms. The molecule has 0 unspecified atom stereocenters. The number of halogens is 1. The van der Waals surface area contributed by atoms with E-state index in [1.54, 1.807) is 12.3 Å². The molecule has 2 rings (SSSR count). The van der Waals surface area contributed by atoms with Crippen molar-refractivity contribution in [2.24, 2.45) is 7.05 Å². The highest BCUT2D eigenvalue weighted by Gasteiger charge is 2.25. The van der Waals surface area contributed by atoms with E-state index in [1.165, 1.54) is 0 Å². The van der Waals surface area contributed by atoms with Crippen molar-refractivity contribution >= 4 is 5.91 Å². The first-order valence-electron chi connectivity index (χ1n) is 5.22. The second-order valence-electron chi connectivity index (χ2n) is 4.15. The maximum absolute atomic E-state index is 12.9. The average molecular weight is 210 g/mol. The number of hydrogen-bond acceptors (Lipinski definition) is 1. The Morgan fingerprint density at radius 3 is 2.93 bits per heavy atom. The predicted molar refractivity (Wildman–Crippen MR) is 55.4 cm³/mol. The lowest BCUT2D eigenvalue weighted by Crippen LogP contribution is -2.32. The highest BCUT2D eigenvalue weighted by molar-refractivity contribution is 5.94. The van der Waals surface area contributed by atoms with Gasteiger partial charge in [0.25, 0.3) is 5.91 Å². The molecule has 0 bridgehead atoms. The summed E-state index contributed by atoms with van der Waals surface area (Å²) in [6, 6.07) is 1.77. The third-order valence-corrected chi connectivity index (χ3v) is 2.80. The Balaban J connectivity index is 1.92. The third-order valence-electron chi connectivity index (χ3n) is 2.80. The first-order chi connectivity index (χ1) is 7.15. The van der Waals surface area contributed by atoms with Crippen molar-refractivity contribution in [1.29, 1.82) is 0 Å². The molecule has 1 fully saturated rings. The molecule has 15 heavy (non-hydrogen) atoms. The van der Waals surface area contributed by atoms with Crippen molar-refractivity contribution in [3.8, 4) is 0 Å². The SMILES string of the molecule is Cn1ccc(C(=O)N[C@@H]2CC[C@H](F)C2)c1. The Labute approximate surface area is 88.3 Å². The normalized spacial score (nSPS) is 25.5. The van der Waals surface area contributed by atoms with Crippen LogP contribution in [0, 0.1) is 0 Å². The number of nitrogens with one attached hydrogen (secondary N) is 1. The molecular weight excluding hydrogens is 195 g/mol. The number of aryl methyl sites for hydroxylation is 1. The standard InChI is InChI=1S/C11H15FN2O/c1-14-5-4-8(7-14)11(15)13-10-3-2-9(12)6-10/h4-5,7,9-10H,2-3,6H2,1H3,(H,13,15)/t9-,10+/m0/s1. The highest BCUT2D eigenvalue weighted by Crippen LogP contribution is 2.22. The van der Waals surface area contributed by atoms with Crippen molar-refractivity contribution < 1.29 is 9.18 Å². The van der Waals surface area contributed by atoms with Crippen molar-refractivity contribution in [3.63, 3.8) is 0 Å². The molecule has 0 aliphatic heterocycles. The molecule has 1 heterocycles.